The minimum absolute atomic E-state index is 0.105. The third kappa shape index (κ3) is 2.66. The molecule has 1 aliphatic heterocycles. The van der Waals surface area contributed by atoms with E-state index in [0.717, 1.165) is 54.4 Å². The fourth-order valence-electron chi connectivity index (χ4n) is 3.71. The highest BCUT2D eigenvalue weighted by Crippen LogP contribution is 2.26. The molecule has 2 aromatic heterocycles. The summed E-state index contributed by atoms with van der Waals surface area (Å²) in [4.78, 5) is 19.4. The van der Waals surface area contributed by atoms with Crippen molar-refractivity contribution in [2.45, 2.75) is 46.6 Å². The molecule has 0 N–H and O–H groups in total. The van der Waals surface area contributed by atoms with Crippen LogP contribution >= 0.6 is 0 Å². The lowest BCUT2D eigenvalue weighted by Gasteiger charge is -2.34. The van der Waals surface area contributed by atoms with Crippen LogP contribution in [0.1, 0.15) is 52.1 Å². The molecule has 6 heteroatoms. The van der Waals surface area contributed by atoms with E-state index in [1.165, 1.54) is 0 Å². The first-order valence-electron chi connectivity index (χ1n) is 8.20. The van der Waals surface area contributed by atoms with Crippen LogP contribution in [0.5, 0.6) is 0 Å². The van der Waals surface area contributed by atoms with Crippen molar-refractivity contribution in [2.75, 3.05) is 13.1 Å². The van der Waals surface area contributed by atoms with Gasteiger partial charge in [0.25, 0.3) is 5.91 Å². The average molecular weight is 315 g/mol. The van der Waals surface area contributed by atoms with Gasteiger partial charge in [0.05, 0.1) is 17.3 Å². The van der Waals surface area contributed by atoms with Gasteiger partial charge in [0.1, 0.15) is 5.82 Å². The lowest BCUT2D eigenvalue weighted by atomic mass is 10.0. The number of likely N-dealkylation sites (tertiary alicyclic amines) is 1. The summed E-state index contributed by atoms with van der Waals surface area (Å²) in [6, 6.07) is 0.312. The van der Waals surface area contributed by atoms with Gasteiger partial charge in [-0.3, -0.25) is 9.48 Å². The fraction of sp³-hybridized carbons (Fsp3) is 0.588. The molecule has 3 rings (SSSR count). The Morgan fingerprint density at radius 3 is 2.57 bits per heavy atom. The van der Waals surface area contributed by atoms with Crippen molar-refractivity contribution in [1.29, 1.82) is 0 Å². The van der Waals surface area contributed by atoms with Crippen molar-refractivity contribution in [3.05, 3.63) is 34.7 Å². The Morgan fingerprint density at radius 2 is 2.00 bits per heavy atom. The van der Waals surface area contributed by atoms with Crippen molar-refractivity contribution in [3.63, 3.8) is 0 Å². The van der Waals surface area contributed by atoms with E-state index >= 15 is 0 Å². The quantitative estimate of drug-likeness (QED) is 0.854. The molecule has 1 saturated heterocycles. The smallest absolute Gasteiger partial charge is 0.257 e. The van der Waals surface area contributed by atoms with Crippen molar-refractivity contribution in [2.24, 2.45) is 7.05 Å². The van der Waals surface area contributed by atoms with Crippen LogP contribution in [0.4, 0.5) is 0 Å². The van der Waals surface area contributed by atoms with Crippen LogP contribution in [0.15, 0.2) is 6.20 Å². The molecule has 1 atom stereocenters. The van der Waals surface area contributed by atoms with E-state index in [9.17, 15) is 4.79 Å². The number of hydrogen-bond donors (Lipinski definition) is 0. The number of aromatic nitrogens is 4. The molecule has 0 aromatic carbocycles. The number of amides is 1. The van der Waals surface area contributed by atoms with Crippen LogP contribution in [-0.4, -0.2) is 43.2 Å². The summed E-state index contributed by atoms with van der Waals surface area (Å²) in [5.74, 6) is 1.13. The van der Waals surface area contributed by atoms with E-state index in [1.807, 2.05) is 38.9 Å². The van der Waals surface area contributed by atoms with Gasteiger partial charge in [-0.15, -0.1) is 0 Å². The van der Waals surface area contributed by atoms with Crippen LogP contribution in [0, 0.1) is 27.7 Å². The molecule has 3 heterocycles. The van der Waals surface area contributed by atoms with Gasteiger partial charge in [-0.25, -0.2) is 4.98 Å². The van der Waals surface area contributed by atoms with Crippen LogP contribution in [0.2, 0.25) is 0 Å². The maximum atomic E-state index is 13.0. The lowest BCUT2D eigenvalue weighted by molar-refractivity contribution is 0.0675. The summed E-state index contributed by atoms with van der Waals surface area (Å²) >= 11 is 0. The fourth-order valence-corrected chi connectivity index (χ4v) is 3.71. The predicted molar refractivity (Wildman–Crippen MR) is 88.6 cm³/mol. The lowest BCUT2D eigenvalue weighted by Crippen LogP contribution is -2.41. The Balaban J connectivity index is 1.85. The van der Waals surface area contributed by atoms with Gasteiger partial charge in [0.15, 0.2) is 0 Å². The number of imidazole rings is 1. The zero-order valence-electron chi connectivity index (χ0n) is 14.6. The summed E-state index contributed by atoms with van der Waals surface area (Å²) in [5, 5.41) is 4.38. The number of rotatable bonds is 2. The zero-order chi connectivity index (χ0) is 16.7. The predicted octanol–water partition coefficient (Wildman–Crippen LogP) is 2.33. The Hall–Kier alpha value is -2.11. The number of carbonyl (C=O) groups excluding carboxylic acids is 1. The third-order valence-corrected chi connectivity index (χ3v) is 4.94. The van der Waals surface area contributed by atoms with E-state index < -0.39 is 0 Å². The molecule has 1 aliphatic rings. The number of piperidine rings is 1. The van der Waals surface area contributed by atoms with Crippen LogP contribution in [0.3, 0.4) is 0 Å². The molecular weight excluding hydrogens is 290 g/mol. The first kappa shape index (κ1) is 15.8. The van der Waals surface area contributed by atoms with E-state index in [-0.39, 0.29) is 5.91 Å². The maximum Gasteiger partial charge on any atom is 0.257 e. The van der Waals surface area contributed by atoms with E-state index in [1.54, 1.807) is 4.68 Å². The Kier molecular flexibility index (Phi) is 4.00. The first-order chi connectivity index (χ1) is 10.9. The molecule has 23 heavy (non-hydrogen) atoms. The van der Waals surface area contributed by atoms with Crippen LogP contribution in [-0.2, 0) is 7.05 Å². The van der Waals surface area contributed by atoms with Gasteiger partial charge in [-0.2, -0.15) is 5.10 Å². The summed E-state index contributed by atoms with van der Waals surface area (Å²) in [7, 11) is 1.89. The zero-order valence-corrected chi connectivity index (χ0v) is 14.6. The summed E-state index contributed by atoms with van der Waals surface area (Å²) in [5.41, 5.74) is 3.67. The average Bonchev–Trinajstić information content (AvgIpc) is 2.98. The monoisotopic (exact) mass is 315 g/mol. The summed E-state index contributed by atoms with van der Waals surface area (Å²) in [6.07, 6.45) is 4.02. The molecule has 0 saturated carbocycles. The van der Waals surface area contributed by atoms with Gasteiger partial charge in [0, 0.05) is 37.7 Å². The highest BCUT2D eigenvalue weighted by molar-refractivity contribution is 5.96. The second-order valence-electron chi connectivity index (χ2n) is 6.53. The van der Waals surface area contributed by atoms with Gasteiger partial charge < -0.3 is 9.47 Å². The summed E-state index contributed by atoms with van der Waals surface area (Å²) in [6.45, 7) is 9.53. The topological polar surface area (TPSA) is 56.0 Å². The minimum Gasteiger partial charge on any atom is -0.336 e. The molecule has 1 amide bonds. The molecule has 1 unspecified atom stereocenters. The number of nitrogens with zero attached hydrogens (tertiary/aromatic N) is 5. The van der Waals surface area contributed by atoms with Gasteiger partial charge in [-0.05, 0) is 40.5 Å². The minimum atomic E-state index is 0.105. The molecule has 0 spiro atoms. The van der Waals surface area contributed by atoms with Crippen molar-refractivity contribution >= 4 is 5.91 Å². The first-order valence-corrected chi connectivity index (χ1v) is 8.20. The van der Waals surface area contributed by atoms with Gasteiger partial charge in [0.2, 0.25) is 0 Å². The van der Waals surface area contributed by atoms with E-state index in [4.69, 9.17) is 0 Å². The van der Waals surface area contributed by atoms with Crippen LogP contribution in [0.25, 0.3) is 0 Å². The third-order valence-electron chi connectivity index (χ3n) is 4.94. The number of hydrogen-bond acceptors (Lipinski definition) is 3. The van der Waals surface area contributed by atoms with Crippen molar-refractivity contribution in [1.82, 2.24) is 24.2 Å². The second kappa shape index (κ2) is 5.83. The molecule has 124 valence electrons. The molecular formula is C17H25N5O. The Bertz CT molecular complexity index is 723. The molecule has 0 radical (unpaired) electrons. The molecule has 0 bridgehead atoms. The van der Waals surface area contributed by atoms with Crippen molar-refractivity contribution in [3.8, 4) is 0 Å². The van der Waals surface area contributed by atoms with E-state index in [2.05, 4.69) is 21.6 Å². The standard InChI is InChI=1S/C17H25N5O/c1-11-9-18-14(4)22(11)15-7-6-8-21(10-15)17(23)16-12(2)19-20(5)13(16)3/h9,15H,6-8,10H2,1-5H3. The Labute approximate surface area is 137 Å². The van der Waals surface area contributed by atoms with Crippen molar-refractivity contribution < 1.29 is 4.79 Å². The second-order valence-corrected chi connectivity index (χ2v) is 6.53. The SMILES string of the molecule is Cc1nn(C)c(C)c1C(=O)N1CCCC(n2c(C)cnc2C)C1. The maximum absolute atomic E-state index is 13.0. The van der Waals surface area contributed by atoms with Gasteiger partial charge >= 0.3 is 0 Å². The number of carbonyl (C=O) groups is 1. The Morgan fingerprint density at radius 1 is 1.26 bits per heavy atom. The normalized spacial score (nSPS) is 18.5. The molecule has 1 fully saturated rings. The molecule has 0 aliphatic carbocycles. The van der Waals surface area contributed by atoms with Crippen LogP contribution < -0.4 is 0 Å². The largest absolute Gasteiger partial charge is 0.336 e. The van der Waals surface area contributed by atoms with E-state index in [0.29, 0.717) is 6.04 Å². The highest BCUT2D eigenvalue weighted by Gasteiger charge is 2.29. The molecule has 6 nitrogen and oxygen atoms in total. The highest BCUT2D eigenvalue weighted by atomic mass is 16.2. The number of aryl methyl sites for hydroxylation is 4. The van der Waals surface area contributed by atoms with Gasteiger partial charge in [-0.1, -0.05) is 0 Å². The summed E-state index contributed by atoms with van der Waals surface area (Å²) < 4.78 is 4.05. The molecule has 2 aromatic rings.